The number of unbranched alkanes of at least 4 members (excludes halogenated alkanes) is 1. The third-order valence-electron chi connectivity index (χ3n) is 3.45. The van der Waals surface area contributed by atoms with Crippen molar-refractivity contribution in [2.45, 2.75) is 26.3 Å². The van der Waals surface area contributed by atoms with E-state index >= 15 is 0 Å². The molecule has 1 rings (SSSR count). The van der Waals surface area contributed by atoms with Gasteiger partial charge in [-0.1, -0.05) is 18.2 Å². The molecule has 0 radical (unpaired) electrons. The van der Waals surface area contributed by atoms with E-state index in [-0.39, 0.29) is 5.91 Å². The molecule has 5 nitrogen and oxygen atoms in total. The lowest BCUT2D eigenvalue weighted by Gasteiger charge is -2.21. The lowest BCUT2D eigenvalue weighted by Crippen LogP contribution is -2.39. The Morgan fingerprint density at radius 3 is 2.61 bits per heavy atom. The van der Waals surface area contributed by atoms with Crippen LogP contribution in [0.25, 0.3) is 0 Å². The zero-order valence-electron chi connectivity index (χ0n) is 14.4. The number of aliphatic imine (C=N–C) groups is 1. The Hall–Kier alpha value is -2.30. The van der Waals surface area contributed by atoms with Crippen LogP contribution >= 0.6 is 0 Å². The number of amides is 1. The smallest absolute Gasteiger partial charge is 0.251 e. The average molecular weight is 316 g/mol. The molecule has 5 heteroatoms. The van der Waals surface area contributed by atoms with E-state index in [0.29, 0.717) is 12.1 Å². The molecule has 0 spiro atoms. The van der Waals surface area contributed by atoms with Gasteiger partial charge in [0.15, 0.2) is 5.96 Å². The van der Waals surface area contributed by atoms with Crippen molar-refractivity contribution in [2.24, 2.45) is 4.99 Å². The normalized spacial score (nSPS) is 11.0. The number of nitrogens with zero attached hydrogens (tertiary/aromatic N) is 2. The zero-order valence-corrected chi connectivity index (χ0v) is 14.4. The van der Waals surface area contributed by atoms with Crippen molar-refractivity contribution in [3.8, 4) is 0 Å². The van der Waals surface area contributed by atoms with E-state index in [9.17, 15) is 4.79 Å². The summed E-state index contributed by atoms with van der Waals surface area (Å²) in [5, 5.41) is 5.92. The minimum Gasteiger partial charge on any atom is -0.357 e. The van der Waals surface area contributed by atoms with Crippen LogP contribution in [0.3, 0.4) is 0 Å². The van der Waals surface area contributed by atoms with E-state index in [1.807, 2.05) is 37.4 Å². The first kappa shape index (κ1) is 18.7. The van der Waals surface area contributed by atoms with Gasteiger partial charge in [0, 0.05) is 32.7 Å². The SMILES string of the molecule is C=CCCCN(C)C(=NCc1ccc(C(=O)NC)cc1)NCC. The Morgan fingerprint density at radius 1 is 1.35 bits per heavy atom. The zero-order chi connectivity index (χ0) is 17.1. The number of carbonyl (C=O) groups excluding carboxylic acids is 1. The molecule has 0 heterocycles. The van der Waals surface area contributed by atoms with Gasteiger partial charge in [0.2, 0.25) is 0 Å². The predicted molar refractivity (Wildman–Crippen MR) is 96.7 cm³/mol. The van der Waals surface area contributed by atoms with Gasteiger partial charge in [0.05, 0.1) is 6.54 Å². The maximum atomic E-state index is 11.5. The van der Waals surface area contributed by atoms with Gasteiger partial charge in [-0.3, -0.25) is 4.79 Å². The third kappa shape index (κ3) is 6.55. The third-order valence-corrected chi connectivity index (χ3v) is 3.45. The summed E-state index contributed by atoms with van der Waals surface area (Å²) in [6.07, 6.45) is 4.00. The topological polar surface area (TPSA) is 56.7 Å². The number of benzene rings is 1. The predicted octanol–water partition coefficient (Wildman–Crippen LogP) is 2.41. The van der Waals surface area contributed by atoms with Crippen LogP contribution in [0.15, 0.2) is 41.9 Å². The molecule has 1 aromatic rings. The standard InChI is InChI=1S/C18H28N4O/c1-5-7-8-13-22(4)18(20-6-2)21-14-15-9-11-16(12-10-15)17(23)19-3/h5,9-12H,1,6-8,13-14H2,2-4H3,(H,19,23)(H,20,21). The Labute approximate surface area is 139 Å². The summed E-state index contributed by atoms with van der Waals surface area (Å²) in [7, 11) is 3.67. The van der Waals surface area contributed by atoms with Crippen LogP contribution < -0.4 is 10.6 Å². The fourth-order valence-corrected chi connectivity index (χ4v) is 2.12. The monoisotopic (exact) mass is 316 g/mol. The van der Waals surface area contributed by atoms with Crippen LogP contribution in [0.2, 0.25) is 0 Å². The summed E-state index contributed by atoms with van der Waals surface area (Å²) < 4.78 is 0. The highest BCUT2D eigenvalue weighted by Gasteiger charge is 2.05. The second-order valence-corrected chi connectivity index (χ2v) is 5.30. The molecule has 0 aliphatic rings. The van der Waals surface area contributed by atoms with Gasteiger partial charge in [-0.15, -0.1) is 6.58 Å². The highest BCUT2D eigenvalue weighted by molar-refractivity contribution is 5.93. The molecule has 0 saturated heterocycles. The van der Waals surface area contributed by atoms with Gasteiger partial charge >= 0.3 is 0 Å². The summed E-state index contributed by atoms with van der Waals surface area (Å²) in [4.78, 5) is 18.3. The van der Waals surface area contributed by atoms with E-state index in [1.54, 1.807) is 7.05 Å². The van der Waals surface area contributed by atoms with Crippen LogP contribution in [-0.2, 0) is 6.54 Å². The van der Waals surface area contributed by atoms with Crippen LogP contribution in [0, 0.1) is 0 Å². The van der Waals surface area contributed by atoms with Gasteiger partial charge in [-0.2, -0.15) is 0 Å². The molecular formula is C18H28N4O. The van der Waals surface area contributed by atoms with Crippen LogP contribution in [0.1, 0.15) is 35.7 Å². The molecule has 0 bridgehead atoms. The number of guanidine groups is 1. The minimum absolute atomic E-state index is 0.0738. The molecular weight excluding hydrogens is 288 g/mol. The van der Waals surface area contributed by atoms with E-state index in [1.165, 1.54) is 0 Å². The van der Waals surface area contributed by atoms with Gasteiger partial charge < -0.3 is 15.5 Å². The molecule has 0 unspecified atom stereocenters. The molecule has 23 heavy (non-hydrogen) atoms. The van der Waals surface area contributed by atoms with Crippen LogP contribution in [0.4, 0.5) is 0 Å². The molecule has 0 aliphatic heterocycles. The highest BCUT2D eigenvalue weighted by atomic mass is 16.1. The van der Waals surface area contributed by atoms with Crippen molar-refractivity contribution in [3.05, 3.63) is 48.0 Å². The lowest BCUT2D eigenvalue weighted by molar-refractivity contribution is 0.0963. The second kappa shape index (κ2) is 10.4. The molecule has 0 saturated carbocycles. The maximum absolute atomic E-state index is 11.5. The van der Waals surface area contributed by atoms with E-state index in [4.69, 9.17) is 0 Å². The quantitative estimate of drug-likeness (QED) is 0.335. The summed E-state index contributed by atoms with van der Waals surface area (Å²) in [6, 6.07) is 7.53. The van der Waals surface area contributed by atoms with E-state index in [0.717, 1.165) is 37.5 Å². The lowest BCUT2D eigenvalue weighted by atomic mass is 10.1. The molecule has 126 valence electrons. The summed E-state index contributed by atoms with van der Waals surface area (Å²) in [5.41, 5.74) is 1.74. The van der Waals surface area contributed by atoms with Gasteiger partial charge in [0.1, 0.15) is 0 Å². The summed E-state index contributed by atoms with van der Waals surface area (Å²) in [5.74, 6) is 0.822. The highest BCUT2D eigenvalue weighted by Crippen LogP contribution is 2.06. The van der Waals surface area contributed by atoms with Gasteiger partial charge in [0.25, 0.3) is 5.91 Å². The Balaban J connectivity index is 2.68. The first-order valence-corrected chi connectivity index (χ1v) is 8.03. The van der Waals surface area contributed by atoms with Crippen LogP contribution in [0.5, 0.6) is 0 Å². The Bertz CT molecular complexity index is 522. The molecule has 0 aromatic heterocycles. The van der Waals surface area contributed by atoms with Gasteiger partial charge in [-0.05, 0) is 37.5 Å². The minimum atomic E-state index is -0.0738. The number of allylic oxidation sites excluding steroid dienone is 1. The molecule has 0 aliphatic carbocycles. The van der Waals surface area contributed by atoms with E-state index < -0.39 is 0 Å². The first-order valence-electron chi connectivity index (χ1n) is 8.03. The number of nitrogens with one attached hydrogen (secondary N) is 2. The molecule has 2 N–H and O–H groups in total. The largest absolute Gasteiger partial charge is 0.357 e. The van der Waals surface area contributed by atoms with Crippen LogP contribution in [-0.4, -0.2) is 44.0 Å². The maximum Gasteiger partial charge on any atom is 0.251 e. The number of hydrogen-bond donors (Lipinski definition) is 2. The summed E-state index contributed by atoms with van der Waals surface area (Å²) >= 11 is 0. The Morgan fingerprint density at radius 2 is 2.04 bits per heavy atom. The average Bonchev–Trinajstić information content (AvgIpc) is 2.58. The van der Waals surface area contributed by atoms with Gasteiger partial charge in [-0.25, -0.2) is 4.99 Å². The fraction of sp³-hybridized carbons (Fsp3) is 0.444. The second-order valence-electron chi connectivity index (χ2n) is 5.30. The molecule has 1 amide bonds. The van der Waals surface area contributed by atoms with Crippen molar-refractivity contribution in [3.63, 3.8) is 0 Å². The van der Waals surface area contributed by atoms with E-state index in [2.05, 4.69) is 34.0 Å². The van der Waals surface area contributed by atoms with Crippen molar-refractivity contribution in [1.82, 2.24) is 15.5 Å². The number of hydrogen-bond acceptors (Lipinski definition) is 2. The van der Waals surface area contributed by atoms with Crippen molar-refractivity contribution in [2.75, 3.05) is 27.2 Å². The number of rotatable bonds is 8. The number of carbonyl (C=O) groups is 1. The van der Waals surface area contributed by atoms with Crippen molar-refractivity contribution in [1.29, 1.82) is 0 Å². The Kier molecular flexibility index (Phi) is 8.50. The first-order chi connectivity index (χ1) is 11.1. The fourth-order valence-electron chi connectivity index (χ4n) is 2.12. The molecule has 0 atom stereocenters. The van der Waals surface area contributed by atoms with Crippen molar-refractivity contribution >= 4 is 11.9 Å². The van der Waals surface area contributed by atoms with Crippen molar-refractivity contribution < 1.29 is 4.79 Å². The molecule has 1 aromatic carbocycles. The summed E-state index contributed by atoms with van der Waals surface area (Å²) in [6.45, 7) is 8.17. The molecule has 0 fully saturated rings.